The maximum atomic E-state index is 13.3. The largest absolute Gasteiger partial charge is 0.501 e. The maximum Gasteiger partial charge on any atom is 0.501 e. The minimum Gasteiger partial charge on any atom is -0.310 e. The number of halogens is 3. The zero-order valence-corrected chi connectivity index (χ0v) is 21.6. The van der Waals surface area contributed by atoms with Crippen molar-refractivity contribution in [1.29, 1.82) is 0 Å². The van der Waals surface area contributed by atoms with Gasteiger partial charge in [-0.3, -0.25) is 9.59 Å². The van der Waals surface area contributed by atoms with Gasteiger partial charge in [0, 0.05) is 18.7 Å². The second kappa shape index (κ2) is 10.0. The summed E-state index contributed by atoms with van der Waals surface area (Å²) in [6, 6.07) is 5.92. The van der Waals surface area contributed by atoms with Gasteiger partial charge in [-0.25, -0.2) is 23.1 Å². The zero-order valence-electron chi connectivity index (χ0n) is 20.8. The summed E-state index contributed by atoms with van der Waals surface area (Å²) >= 11 is 0. The number of aromatic nitrogens is 1. The molecule has 1 aliphatic heterocycles. The van der Waals surface area contributed by atoms with Gasteiger partial charge in [-0.15, -0.1) is 0 Å². The molecular weight excluding hydrogens is 525 g/mol. The van der Waals surface area contributed by atoms with Crippen molar-refractivity contribution in [3.05, 3.63) is 48.2 Å². The van der Waals surface area contributed by atoms with Crippen LogP contribution in [0.25, 0.3) is 0 Å². The SMILES string of the molecule is CC1(C)C(=O)N(c2ccc(S(=O)(=O)C(F)(F)F)cc2)C(=O)N1Cc1ccnc(NC(=O)C2CCCCC2)c1. The van der Waals surface area contributed by atoms with Crippen LogP contribution in [0.3, 0.4) is 0 Å². The molecule has 0 spiro atoms. The average molecular weight is 553 g/mol. The maximum absolute atomic E-state index is 13.3. The standard InChI is InChI=1S/C25H27F3N4O5S/c1-24(2)22(34)32(18-8-10-19(11-9-18)38(36,37)25(26,27)28)23(35)31(24)15-16-12-13-29-20(14-16)30-21(33)17-6-4-3-5-7-17/h8-14,17H,3-7,15H2,1-2H3,(H,29,30,33). The molecular formula is C25H27F3N4O5S. The quantitative estimate of drug-likeness (QED) is 0.522. The predicted octanol–water partition coefficient (Wildman–Crippen LogP) is 4.64. The number of anilines is 2. The third kappa shape index (κ3) is 5.11. The van der Waals surface area contributed by atoms with Crippen molar-refractivity contribution in [3.63, 3.8) is 0 Å². The second-order valence-electron chi connectivity index (χ2n) is 9.88. The molecule has 38 heavy (non-hydrogen) atoms. The Morgan fingerprint density at radius 2 is 1.71 bits per heavy atom. The number of nitrogens with one attached hydrogen (secondary N) is 1. The highest BCUT2D eigenvalue weighted by atomic mass is 32.2. The van der Waals surface area contributed by atoms with E-state index < -0.39 is 37.7 Å². The first-order chi connectivity index (χ1) is 17.7. The third-order valence-corrected chi connectivity index (χ3v) is 8.43. The van der Waals surface area contributed by atoms with E-state index in [9.17, 15) is 36.0 Å². The highest BCUT2D eigenvalue weighted by Gasteiger charge is 2.52. The Bertz CT molecular complexity index is 1350. The van der Waals surface area contributed by atoms with Gasteiger partial charge in [-0.1, -0.05) is 19.3 Å². The van der Waals surface area contributed by atoms with Gasteiger partial charge in [0.2, 0.25) is 5.91 Å². The van der Waals surface area contributed by atoms with Crippen molar-refractivity contribution in [2.75, 3.05) is 10.2 Å². The molecule has 13 heteroatoms. The van der Waals surface area contributed by atoms with E-state index in [2.05, 4.69) is 10.3 Å². The zero-order chi connectivity index (χ0) is 27.9. The predicted molar refractivity (Wildman–Crippen MR) is 132 cm³/mol. The number of carbonyl (C=O) groups excluding carboxylic acids is 3. The van der Waals surface area contributed by atoms with Crippen LogP contribution in [-0.2, 0) is 26.0 Å². The fraction of sp³-hybridized carbons (Fsp3) is 0.440. The first-order valence-electron chi connectivity index (χ1n) is 12.1. The molecule has 0 unspecified atom stereocenters. The van der Waals surface area contributed by atoms with Gasteiger partial charge in [-0.05, 0) is 68.7 Å². The molecule has 1 saturated heterocycles. The van der Waals surface area contributed by atoms with Crippen molar-refractivity contribution >= 4 is 39.2 Å². The molecule has 1 aromatic heterocycles. The van der Waals surface area contributed by atoms with E-state index in [0.717, 1.165) is 49.1 Å². The van der Waals surface area contributed by atoms with Crippen molar-refractivity contribution in [3.8, 4) is 0 Å². The summed E-state index contributed by atoms with van der Waals surface area (Å²) in [5.41, 5.74) is -6.26. The molecule has 2 heterocycles. The summed E-state index contributed by atoms with van der Waals surface area (Å²) in [4.78, 5) is 44.3. The highest BCUT2D eigenvalue weighted by molar-refractivity contribution is 7.92. The number of pyridine rings is 1. The molecule has 2 fully saturated rings. The number of hydrogen-bond acceptors (Lipinski definition) is 6. The van der Waals surface area contributed by atoms with E-state index in [-0.39, 0.29) is 24.1 Å². The number of nitrogens with zero attached hydrogens (tertiary/aromatic N) is 3. The molecule has 1 N–H and O–H groups in total. The van der Waals surface area contributed by atoms with Crippen LogP contribution in [0.4, 0.5) is 29.5 Å². The first-order valence-corrected chi connectivity index (χ1v) is 13.5. The average Bonchev–Trinajstić information content (AvgIpc) is 3.03. The molecule has 204 valence electrons. The molecule has 2 aromatic rings. The number of rotatable bonds is 6. The summed E-state index contributed by atoms with van der Waals surface area (Å²) in [6.07, 6.45) is 6.25. The van der Waals surface area contributed by atoms with Gasteiger partial charge in [0.1, 0.15) is 11.4 Å². The molecule has 1 aliphatic carbocycles. The molecule has 0 radical (unpaired) electrons. The molecule has 0 bridgehead atoms. The number of alkyl halides is 3. The van der Waals surface area contributed by atoms with Crippen LogP contribution < -0.4 is 10.2 Å². The van der Waals surface area contributed by atoms with Gasteiger partial charge in [0.15, 0.2) is 0 Å². The van der Waals surface area contributed by atoms with Crippen LogP contribution >= 0.6 is 0 Å². The number of imide groups is 1. The number of benzene rings is 1. The fourth-order valence-corrected chi connectivity index (χ4v) is 5.41. The number of urea groups is 1. The van der Waals surface area contributed by atoms with E-state index in [1.165, 1.54) is 24.9 Å². The van der Waals surface area contributed by atoms with Crippen molar-refractivity contribution in [2.45, 2.75) is 68.4 Å². The molecule has 4 amide bonds. The van der Waals surface area contributed by atoms with Gasteiger partial charge < -0.3 is 10.2 Å². The van der Waals surface area contributed by atoms with E-state index in [4.69, 9.17) is 0 Å². The van der Waals surface area contributed by atoms with Crippen molar-refractivity contribution in [2.24, 2.45) is 5.92 Å². The summed E-state index contributed by atoms with van der Waals surface area (Å²) in [5, 5.41) is 2.82. The van der Waals surface area contributed by atoms with Gasteiger partial charge in [-0.2, -0.15) is 13.2 Å². The number of amides is 4. The highest BCUT2D eigenvalue weighted by Crippen LogP contribution is 2.36. The summed E-state index contributed by atoms with van der Waals surface area (Å²) in [6.45, 7) is 3.05. The van der Waals surface area contributed by atoms with Gasteiger partial charge >= 0.3 is 11.5 Å². The second-order valence-corrected chi connectivity index (χ2v) is 11.8. The summed E-state index contributed by atoms with van der Waals surface area (Å²) in [7, 11) is -5.57. The third-order valence-electron chi connectivity index (χ3n) is 6.93. The van der Waals surface area contributed by atoms with Crippen molar-refractivity contribution in [1.82, 2.24) is 9.88 Å². The molecule has 0 atom stereocenters. The topological polar surface area (TPSA) is 117 Å². The number of carbonyl (C=O) groups is 3. The fourth-order valence-electron chi connectivity index (χ4n) is 4.65. The molecule has 9 nitrogen and oxygen atoms in total. The lowest BCUT2D eigenvalue weighted by Crippen LogP contribution is -2.43. The van der Waals surface area contributed by atoms with Crippen LogP contribution in [0, 0.1) is 5.92 Å². The van der Waals surface area contributed by atoms with Crippen LogP contribution in [0.2, 0.25) is 0 Å². The summed E-state index contributed by atoms with van der Waals surface area (Å²) in [5.74, 6) is -0.484. The lowest BCUT2D eigenvalue weighted by molar-refractivity contribution is -0.123. The van der Waals surface area contributed by atoms with E-state index in [1.807, 2.05) is 0 Å². The minimum atomic E-state index is -5.57. The normalized spacial score (nSPS) is 18.7. The minimum absolute atomic E-state index is 0.0105. The van der Waals surface area contributed by atoms with Crippen LogP contribution in [0.1, 0.15) is 51.5 Å². The molecule has 1 aromatic carbocycles. The molecule has 4 rings (SSSR count). The van der Waals surface area contributed by atoms with Crippen LogP contribution in [0.5, 0.6) is 0 Å². The Morgan fingerprint density at radius 1 is 1.08 bits per heavy atom. The Balaban J connectivity index is 1.53. The van der Waals surface area contributed by atoms with Gasteiger partial charge in [0.25, 0.3) is 15.7 Å². The van der Waals surface area contributed by atoms with Crippen LogP contribution in [0.15, 0.2) is 47.5 Å². The Kier molecular flexibility index (Phi) is 7.26. The van der Waals surface area contributed by atoms with E-state index in [1.54, 1.807) is 12.1 Å². The Labute approximate surface area is 217 Å². The lowest BCUT2D eigenvalue weighted by Gasteiger charge is -2.27. The van der Waals surface area contributed by atoms with Crippen LogP contribution in [-0.4, -0.2) is 47.2 Å². The smallest absolute Gasteiger partial charge is 0.310 e. The number of hydrogen-bond donors (Lipinski definition) is 1. The Hall–Kier alpha value is -3.48. The first kappa shape index (κ1) is 27.6. The lowest BCUT2D eigenvalue weighted by atomic mass is 9.89. The Morgan fingerprint density at radius 3 is 2.32 bits per heavy atom. The monoisotopic (exact) mass is 552 g/mol. The number of sulfone groups is 1. The van der Waals surface area contributed by atoms with E-state index in [0.29, 0.717) is 23.5 Å². The molecule has 2 aliphatic rings. The molecule has 1 saturated carbocycles. The van der Waals surface area contributed by atoms with Crippen molar-refractivity contribution < 1.29 is 36.0 Å². The van der Waals surface area contributed by atoms with Gasteiger partial charge in [0.05, 0.1) is 10.6 Å². The summed E-state index contributed by atoms with van der Waals surface area (Å²) < 4.78 is 61.9. The van der Waals surface area contributed by atoms with E-state index >= 15 is 0 Å².